The highest BCUT2D eigenvalue weighted by molar-refractivity contribution is 6.32. The first-order valence-electron chi connectivity index (χ1n) is 7.83. The van der Waals surface area contributed by atoms with Gasteiger partial charge in [-0.1, -0.05) is 43.4 Å². The SMILES string of the molecule is CC(C)Oc1ccc(CNC2CCCCCC2)cc1Cl. The quantitative estimate of drug-likeness (QED) is 0.777. The van der Waals surface area contributed by atoms with E-state index in [1.807, 2.05) is 26.0 Å². The van der Waals surface area contributed by atoms with Gasteiger partial charge in [-0.05, 0) is 44.4 Å². The average molecular weight is 296 g/mol. The van der Waals surface area contributed by atoms with Gasteiger partial charge in [-0.2, -0.15) is 0 Å². The largest absolute Gasteiger partial charge is 0.489 e. The second kappa shape index (κ2) is 7.90. The van der Waals surface area contributed by atoms with Crippen molar-refractivity contribution in [1.29, 1.82) is 0 Å². The van der Waals surface area contributed by atoms with E-state index in [4.69, 9.17) is 16.3 Å². The zero-order chi connectivity index (χ0) is 14.4. The molecule has 1 N–H and O–H groups in total. The molecule has 0 radical (unpaired) electrons. The van der Waals surface area contributed by atoms with Crippen molar-refractivity contribution < 1.29 is 4.74 Å². The number of rotatable bonds is 5. The normalized spacial score (nSPS) is 17.2. The van der Waals surface area contributed by atoms with E-state index < -0.39 is 0 Å². The predicted octanol–water partition coefficient (Wildman–Crippen LogP) is 4.94. The summed E-state index contributed by atoms with van der Waals surface area (Å²) in [6.45, 7) is 4.92. The lowest BCUT2D eigenvalue weighted by molar-refractivity contribution is 0.242. The molecule has 0 aliphatic heterocycles. The second-order valence-corrected chi connectivity index (χ2v) is 6.41. The third kappa shape index (κ3) is 4.99. The molecule has 1 aromatic carbocycles. The molecule has 0 bridgehead atoms. The fourth-order valence-electron chi connectivity index (χ4n) is 2.75. The fraction of sp³-hybridized carbons (Fsp3) is 0.647. The topological polar surface area (TPSA) is 21.3 Å². The van der Waals surface area contributed by atoms with Crippen molar-refractivity contribution in [3.05, 3.63) is 28.8 Å². The van der Waals surface area contributed by atoms with E-state index in [-0.39, 0.29) is 6.10 Å². The minimum Gasteiger partial charge on any atom is -0.489 e. The van der Waals surface area contributed by atoms with Crippen molar-refractivity contribution in [3.63, 3.8) is 0 Å². The van der Waals surface area contributed by atoms with Gasteiger partial charge in [0, 0.05) is 12.6 Å². The van der Waals surface area contributed by atoms with Gasteiger partial charge in [-0.15, -0.1) is 0 Å². The maximum atomic E-state index is 6.27. The molecule has 112 valence electrons. The van der Waals surface area contributed by atoms with Crippen LogP contribution < -0.4 is 10.1 Å². The molecule has 1 aliphatic carbocycles. The van der Waals surface area contributed by atoms with Crippen molar-refractivity contribution >= 4 is 11.6 Å². The summed E-state index contributed by atoms with van der Waals surface area (Å²) in [7, 11) is 0. The minimum absolute atomic E-state index is 0.155. The molecule has 20 heavy (non-hydrogen) atoms. The Morgan fingerprint density at radius 1 is 1.20 bits per heavy atom. The Bertz CT molecular complexity index is 411. The lowest BCUT2D eigenvalue weighted by Gasteiger charge is -2.17. The fourth-order valence-corrected chi connectivity index (χ4v) is 3.00. The average Bonchev–Trinajstić information content (AvgIpc) is 2.67. The number of nitrogens with one attached hydrogen (secondary N) is 1. The summed E-state index contributed by atoms with van der Waals surface area (Å²) >= 11 is 6.27. The van der Waals surface area contributed by atoms with Crippen LogP contribution in [0.2, 0.25) is 5.02 Å². The Hall–Kier alpha value is -0.730. The Morgan fingerprint density at radius 3 is 2.50 bits per heavy atom. The molecule has 1 fully saturated rings. The third-order valence-corrected chi connectivity index (χ3v) is 4.10. The van der Waals surface area contributed by atoms with Crippen LogP contribution in [0, 0.1) is 0 Å². The molecule has 1 saturated carbocycles. The van der Waals surface area contributed by atoms with Crippen LogP contribution in [-0.2, 0) is 6.54 Å². The van der Waals surface area contributed by atoms with Crippen molar-refractivity contribution in [3.8, 4) is 5.75 Å². The number of halogens is 1. The highest BCUT2D eigenvalue weighted by Crippen LogP contribution is 2.26. The van der Waals surface area contributed by atoms with Crippen molar-refractivity contribution in [1.82, 2.24) is 5.32 Å². The van der Waals surface area contributed by atoms with E-state index in [1.54, 1.807) is 0 Å². The Balaban J connectivity index is 1.87. The molecule has 0 spiro atoms. The maximum absolute atomic E-state index is 6.27. The predicted molar refractivity (Wildman–Crippen MR) is 85.5 cm³/mol. The summed E-state index contributed by atoms with van der Waals surface area (Å²) in [6, 6.07) is 6.77. The zero-order valence-electron chi connectivity index (χ0n) is 12.6. The lowest BCUT2D eigenvalue weighted by atomic mass is 10.1. The molecule has 0 amide bonds. The molecule has 2 rings (SSSR count). The van der Waals surface area contributed by atoms with Gasteiger partial charge in [0.1, 0.15) is 5.75 Å². The molecule has 0 atom stereocenters. The van der Waals surface area contributed by atoms with Crippen molar-refractivity contribution in [2.45, 2.75) is 71.1 Å². The zero-order valence-corrected chi connectivity index (χ0v) is 13.4. The van der Waals surface area contributed by atoms with Crippen LogP contribution in [0.15, 0.2) is 18.2 Å². The van der Waals surface area contributed by atoms with Crippen LogP contribution in [-0.4, -0.2) is 12.1 Å². The standard InChI is InChI=1S/C17H26ClNO/c1-13(2)20-17-10-9-14(11-16(17)18)12-19-15-7-5-3-4-6-8-15/h9-11,13,15,19H,3-8,12H2,1-2H3. The summed E-state index contributed by atoms with van der Waals surface area (Å²) in [5.74, 6) is 0.778. The van der Waals surface area contributed by atoms with Gasteiger partial charge in [0.15, 0.2) is 0 Å². The van der Waals surface area contributed by atoms with E-state index in [0.29, 0.717) is 11.1 Å². The minimum atomic E-state index is 0.155. The first-order valence-corrected chi connectivity index (χ1v) is 8.21. The number of benzene rings is 1. The first-order chi connectivity index (χ1) is 9.65. The summed E-state index contributed by atoms with van der Waals surface area (Å²) < 4.78 is 5.66. The molecule has 1 aliphatic rings. The first kappa shape index (κ1) is 15.7. The summed E-state index contributed by atoms with van der Waals surface area (Å²) in [5, 5.41) is 4.37. The second-order valence-electron chi connectivity index (χ2n) is 6.00. The Kier molecular flexibility index (Phi) is 6.18. The van der Waals surface area contributed by atoms with Crippen molar-refractivity contribution in [2.75, 3.05) is 0 Å². The number of hydrogen-bond acceptors (Lipinski definition) is 2. The summed E-state index contributed by atoms with van der Waals surface area (Å²) in [6.07, 6.45) is 8.28. The van der Waals surface area contributed by atoms with E-state index in [0.717, 1.165) is 12.3 Å². The Morgan fingerprint density at radius 2 is 1.90 bits per heavy atom. The monoisotopic (exact) mass is 295 g/mol. The van der Waals surface area contributed by atoms with Gasteiger partial charge >= 0.3 is 0 Å². The molecule has 1 aromatic rings. The maximum Gasteiger partial charge on any atom is 0.138 e. The van der Waals surface area contributed by atoms with Crippen LogP contribution in [0.4, 0.5) is 0 Å². The summed E-state index contributed by atoms with van der Waals surface area (Å²) in [5.41, 5.74) is 1.23. The van der Waals surface area contributed by atoms with E-state index >= 15 is 0 Å². The molecule has 2 nitrogen and oxygen atoms in total. The van der Waals surface area contributed by atoms with Crippen LogP contribution in [0.1, 0.15) is 57.9 Å². The van der Waals surface area contributed by atoms with Gasteiger partial charge < -0.3 is 10.1 Å². The number of hydrogen-bond donors (Lipinski definition) is 1. The van der Waals surface area contributed by atoms with Gasteiger partial charge in [0.25, 0.3) is 0 Å². The van der Waals surface area contributed by atoms with Gasteiger partial charge in [0.05, 0.1) is 11.1 Å². The summed E-state index contributed by atoms with van der Waals surface area (Å²) in [4.78, 5) is 0. The van der Waals surface area contributed by atoms with Crippen LogP contribution >= 0.6 is 11.6 Å². The van der Waals surface area contributed by atoms with Crippen molar-refractivity contribution in [2.24, 2.45) is 0 Å². The highest BCUT2D eigenvalue weighted by Gasteiger charge is 2.12. The van der Waals surface area contributed by atoms with Gasteiger partial charge in [0.2, 0.25) is 0 Å². The van der Waals surface area contributed by atoms with Crippen LogP contribution in [0.25, 0.3) is 0 Å². The Labute approximate surface area is 127 Å². The smallest absolute Gasteiger partial charge is 0.138 e. The van der Waals surface area contributed by atoms with Crippen LogP contribution in [0.5, 0.6) is 5.75 Å². The third-order valence-electron chi connectivity index (χ3n) is 3.81. The molecular weight excluding hydrogens is 270 g/mol. The lowest BCUT2D eigenvalue weighted by Crippen LogP contribution is -2.27. The molecular formula is C17H26ClNO. The van der Waals surface area contributed by atoms with Gasteiger partial charge in [-0.25, -0.2) is 0 Å². The highest BCUT2D eigenvalue weighted by atomic mass is 35.5. The van der Waals surface area contributed by atoms with E-state index in [2.05, 4.69) is 11.4 Å². The van der Waals surface area contributed by atoms with Crippen LogP contribution in [0.3, 0.4) is 0 Å². The molecule has 0 aromatic heterocycles. The molecule has 0 unspecified atom stereocenters. The molecule has 3 heteroatoms. The number of ether oxygens (including phenoxy) is 1. The molecule has 0 saturated heterocycles. The molecule has 0 heterocycles. The van der Waals surface area contributed by atoms with Gasteiger partial charge in [-0.3, -0.25) is 0 Å². The van der Waals surface area contributed by atoms with E-state index in [9.17, 15) is 0 Å². The van der Waals surface area contributed by atoms with E-state index in [1.165, 1.54) is 44.1 Å².